The van der Waals surface area contributed by atoms with Crippen molar-refractivity contribution in [2.75, 3.05) is 39.5 Å². The Kier molecular flexibility index (Phi) is 5.26. The average Bonchev–Trinajstić information content (AvgIpc) is 2.52. The van der Waals surface area contributed by atoms with Crippen LogP contribution in [0.15, 0.2) is 30.3 Å². The molecule has 22 heavy (non-hydrogen) atoms. The van der Waals surface area contributed by atoms with Crippen LogP contribution >= 0.6 is 0 Å². The molecular formula is C16H22N2O4. The van der Waals surface area contributed by atoms with Gasteiger partial charge in [0.15, 0.2) is 0 Å². The number of ether oxygens (including phenoxy) is 3. The highest BCUT2D eigenvalue weighted by Crippen LogP contribution is 2.09. The molecule has 0 radical (unpaired) electrons. The zero-order valence-electron chi connectivity index (χ0n) is 12.6. The van der Waals surface area contributed by atoms with Crippen LogP contribution in [0.3, 0.4) is 0 Å². The van der Waals surface area contributed by atoms with Crippen molar-refractivity contribution in [3.05, 3.63) is 35.9 Å². The number of nitrogens with zero attached hydrogens (tertiary/aromatic N) is 1. The summed E-state index contributed by atoms with van der Waals surface area (Å²) in [5, 5.41) is 3.38. The Morgan fingerprint density at radius 1 is 1.32 bits per heavy atom. The molecule has 2 fully saturated rings. The van der Waals surface area contributed by atoms with Gasteiger partial charge in [-0.3, -0.25) is 0 Å². The maximum Gasteiger partial charge on any atom is 0.410 e. The van der Waals surface area contributed by atoms with Gasteiger partial charge in [-0.05, 0) is 5.56 Å². The lowest BCUT2D eigenvalue weighted by Gasteiger charge is -2.34. The number of carbonyl (C=O) groups excluding carboxylic acids is 1. The summed E-state index contributed by atoms with van der Waals surface area (Å²) in [6.07, 6.45) is -0.261. The molecular weight excluding hydrogens is 284 g/mol. The minimum Gasteiger partial charge on any atom is -0.445 e. The third kappa shape index (κ3) is 4.19. The normalized spacial score (nSPS) is 22.2. The Labute approximate surface area is 130 Å². The largest absolute Gasteiger partial charge is 0.445 e. The summed E-state index contributed by atoms with van der Waals surface area (Å²) in [5.41, 5.74) is 0.993. The zero-order chi connectivity index (χ0) is 15.2. The molecule has 1 N–H and O–H groups in total. The maximum atomic E-state index is 12.1. The fourth-order valence-electron chi connectivity index (χ4n) is 2.47. The van der Waals surface area contributed by atoms with Crippen molar-refractivity contribution in [1.29, 1.82) is 0 Å². The number of morpholine rings is 1. The minimum atomic E-state index is -0.274. The molecule has 120 valence electrons. The van der Waals surface area contributed by atoms with Gasteiger partial charge < -0.3 is 24.4 Å². The molecule has 2 saturated heterocycles. The lowest BCUT2D eigenvalue weighted by molar-refractivity contribution is -0.0427. The molecule has 6 nitrogen and oxygen atoms in total. The van der Waals surface area contributed by atoms with Gasteiger partial charge in [0, 0.05) is 13.1 Å². The molecule has 1 amide bonds. The van der Waals surface area contributed by atoms with Crippen LogP contribution in [-0.2, 0) is 20.8 Å². The first-order valence-corrected chi connectivity index (χ1v) is 7.69. The predicted molar refractivity (Wildman–Crippen MR) is 80.5 cm³/mol. The van der Waals surface area contributed by atoms with E-state index < -0.39 is 0 Å². The van der Waals surface area contributed by atoms with Crippen molar-refractivity contribution in [2.45, 2.75) is 18.8 Å². The van der Waals surface area contributed by atoms with E-state index in [4.69, 9.17) is 14.2 Å². The topological polar surface area (TPSA) is 60.0 Å². The zero-order valence-corrected chi connectivity index (χ0v) is 12.6. The van der Waals surface area contributed by atoms with Crippen molar-refractivity contribution in [1.82, 2.24) is 10.2 Å². The molecule has 2 aliphatic heterocycles. The van der Waals surface area contributed by atoms with Gasteiger partial charge in [-0.25, -0.2) is 4.79 Å². The second-order valence-corrected chi connectivity index (χ2v) is 5.62. The Morgan fingerprint density at radius 3 is 2.86 bits per heavy atom. The quantitative estimate of drug-likeness (QED) is 0.880. The van der Waals surface area contributed by atoms with E-state index in [1.54, 1.807) is 4.90 Å². The van der Waals surface area contributed by atoms with E-state index in [0.717, 1.165) is 25.3 Å². The van der Waals surface area contributed by atoms with Gasteiger partial charge in [0.05, 0.1) is 38.5 Å². The van der Waals surface area contributed by atoms with Crippen LogP contribution in [0.4, 0.5) is 4.79 Å². The van der Waals surface area contributed by atoms with Crippen molar-refractivity contribution < 1.29 is 19.0 Å². The Morgan fingerprint density at radius 2 is 2.14 bits per heavy atom. The van der Waals surface area contributed by atoms with Gasteiger partial charge in [0.1, 0.15) is 6.61 Å². The van der Waals surface area contributed by atoms with Crippen LogP contribution in [-0.4, -0.2) is 62.6 Å². The second-order valence-electron chi connectivity index (χ2n) is 5.62. The molecule has 1 aromatic rings. The van der Waals surface area contributed by atoms with Gasteiger partial charge in [-0.1, -0.05) is 30.3 Å². The molecule has 0 aromatic heterocycles. The monoisotopic (exact) mass is 306 g/mol. The summed E-state index contributed by atoms with van der Waals surface area (Å²) in [5.74, 6) is 0. The van der Waals surface area contributed by atoms with Crippen molar-refractivity contribution in [2.24, 2.45) is 0 Å². The molecule has 1 unspecified atom stereocenters. The summed E-state index contributed by atoms with van der Waals surface area (Å²) in [4.78, 5) is 13.8. The Bertz CT molecular complexity index is 478. The number of benzene rings is 1. The highest BCUT2D eigenvalue weighted by atomic mass is 16.6. The van der Waals surface area contributed by atoms with E-state index in [0.29, 0.717) is 32.3 Å². The highest BCUT2D eigenvalue weighted by molar-refractivity contribution is 5.67. The fourth-order valence-corrected chi connectivity index (χ4v) is 2.47. The summed E-state index contributed by atoms with van der Waals surface area (Å²) in [7, 11) is 0. The number of nitrogens with one attached hydrogen (secondary N) is 1. The molecule has 6 heteroatoms. The van der Waals surface area contributed by atoms with E-state index in [-0.39, 0.29) is 12.2 Å². The van der Waals surface area contributed by atoms with Crippen LogP contribution in [0.25, 0.3) is 0 Å². The Balaban J connectivity index is 1.41. The summed E-state index contributed by atoms with van der Waals surface area (Å²) < 4.78 is 16.2. The highest BCUT2D eigenvalue weighted by Gasteiger charge is 2.27. The number of carbonyl (C=O) groups is 1. The number of hydrogen-bond acceptors (Lipinski definition) is 5. The maximum absolute atomic E-state index is 12.1. The summed E-state index contributed by atoms with van der Waals surface area (Å²) in [6.45, 7) is 4.25. The molecule has 0 aliphatic carbocycles. The summed E-state index contributed by atoms with van der Waals surface area (Å²) >= 11 is 0. The van der Waals surface area contributed by atoms with Crippen LogP contribution in [0.1, 0.15) is 5.56 Å². The molecule has 2 heterocycles. The van der Waals surface area contributed by atoms with Crippen molar-refractivity contribution in [3.8, 4) is 0 Å². The van der Waals surface area contributed by atoms with Gasteiger partial charge >= 0.3 is 6.09 Å². The molecule has 1 atom stereocenters. The van der Waals surface area contributed by atoms with Crippen molar-refractivity contribution >= 4 is 6.09 Å². The van der Waals surface area contributed by atoms with E-state index in [9.17, 15) is 4.79 Å². The minimum absolute atomic E-state index is 0.0126. The smallest absolute Gasteiger partial charge is 0.410 e. The predicted octanol–water partition coefficient (Wildman–Crippen LogP) is 1.01. The van der Waals surface area contributed by atoms with E-state index in [1.807, 2.05) is 30.3 Å². The first-order chi connectivity index (χ1) is 10.8. The van der Waals surface area contributed by atoms with E-state index in [1.165, 1.54) is 0 Å². The van der Waals surface area contributed by atoms with Crippen LogP contribution in [0.2, 0.25) is 0 Å². The van der Waals surface area contributed by atoms with Crippen LogP contribution in [0.5, 0.6) is 0 Å². The number of hydrogen-bond donors (Lipinski definition) is 1. The standard InChI is InChI=1S/C16H22N2O4/c19-16(22-10-13-4-2-1-3-5-13)18-6-7-21-15(9-18)8-17-14-11-20-12-14/h1-5,14-15,17H,6-12H2. The van der Waals surface area contributed by atoms with Gasteiger partial charge in [-0.15, -0.1) is 0 Å². The molecule has 0 saturated carbocycles. The third-order valence-electron chi connectivity index (χ3n) is 3.87. The molecule has 2 aliphatic rings. The van der Waals surface area contributed by atoms with E-state index >= 15 is 0 Å². The average molecular weight is 306 g/mol. The summed E-state index contributed by atoms with van der Waals surface area (Å²) in [6, 6.07) is 10.1. The Hall–Kier alpha value is -1.63. The fraction of sp³-hybridized carbons (Fsp3) is 0.562. The van der Waals surface area contributed by atoms with Gasteiger partial charge in [0.25, 0.3) is 0 Å². The van der Waals surface area contributed by atoms with Gasteiger partial charge in [0.2, 0.25) is 0 Å². The first-order valence-electron chi connectivity index (χ1n) is 7.69. The number of amides is 1. The van der Waals surface area contributed by atoms with Crippen LogP contribution < -0.4 is 5.32 Å². The van der Waals surface area contributed by atoms with Crippen LogP contribution in [0, 0.1) is 0 Å². The number of rotatable bonds is 5. The van der Waals surface area contributed by atoms with E-state index in [2.05, 4.69) is 5.32 Å². The SMILES string of the molecule is O=C(OCc1ccccc1)N1CCOC(CNC2COC2)C1. The molecule has 0 spiro atoms. The molecule has 3 rings (SSSR count). The lowest BCUT2D eigenvalue weighted by atomic mass is 10.2. The lowest BCUT2D eigenvalue weighted by Crippen LogP contribution is -2.53. The van der Waals surface area contributed by atoms with Crippen molar-refractivity contribution in [3.63, 3.8) is 0 Å². The second kappa shape index (κ2) is 7.58. The third-order valence-corrected chi connectivity index (χ3v) is 3.87. The molecule has 0 bridgehead atoms. The first kappa shape index (κ1) is 15.3. The molecule has 1 aromatic carbocycles. The van der Waals surface area contributed by atoms with Gasteiger partial charge in [-0.2, -0.15) is 0 Å².